The van der Waals surface area contributed by atoms with Crippen molar-refractivity contribution in [3.05, 3.63) is 46.9 Å². The first-order valence-corrected chi connectivity index (χ1v) is 3.97. The minimum Gasteiger partial charge on any atom is -0.313 e. The van der Waals surface area contributed by atoms with Crippen LogP contribution >= 0.6 is 0 Å². The Kier molecular flexibility index (Phi) is 3.40. The summed E-state index contributed by atoms with van der Waals surface area (Å²) in [6, 6.07) is 6.47. The van der Waals surface area contributed by atoms with Gasteiger partial charge in [-0.05, 0) is 19.0 Å². The monoisotopic (exact) mass is 179 g/mol. The molecule has 0 heterocycles. The van der Waals surface area contributed by atoms with E-state index in [0.29, 0.717) is 13.1 Å². The quantitative estimate of drug-likeness (QED) is 0.563. The van der Waals surface area contributed by atoms with Crippen molar-refractivity contribution in [3.63, 3.8) is 0 Å². The number of non-ortho nitro benzene ring substituents is 1. The fraction of sp³-hybridized carbons (Fsp3) is 0.222. The lowest BCUT2D eigenvalue weighted by Crippen LogP contribution is -2.11. The van der Waals surface area contributed by atoms with Crippen molar-refractivity contribution in [2.24, 2.45) is 0 Å². The Morgan fingerprint density at radius 1 is 1.38 bits per heavy atom. The molecule has 0 unspecified atom stereocenters. The zero-order valence-electron chi connectivity index (χ0n) is 7.19. The van der Waals surface area contributed by atoms with Crippen LogP contribution < -0.4 is 5.32 Å². The van der Waals surface area contributed by atoms with Crippen molar-refractivity contribution in [3.8, 4) is 0 Å². The first kappa shape index (κ1) is 9.67. The Balaban J connectivity index is 2.64. The molecule has 0 bridgehead atoms. The molecule has 69 valence electrons. The molecule has 0 aliphatic heterocycles. The molecule has 1 rings (SSSR count). The van der Waals surface area contributed by atoms with E-state index in [1.54, 1.807) is 12.1 Å². The molecule has 0 amide bonds. The van der Waals surface area contributed by atoms with Crippen molar-refractivity contribution in [2.75, 3.05) is 6.54 Å². The number of nitrogens with one attached hydrogen (secondary N) is 1. The van der Waals surface area contributed by atoms with E-state index in [9.17, 15) is 10.1 Å². The molecule has 0 spiro atoms. The van der Waals surface area contributed by atoms with E-state index in [-0.39, 0.29) is 5.69 Å². The highest BCUT2D eigenvalue weighted by Gasteiger charge is 2.02. The SMILES string of the molecule is [CH2]CNCc1ccc([N+](=O)[O-])cc1. The van der Waals surface area contributed by atoms with Gasteiger partial charge >= 0.3 is 0 Å². The van der Waals surface area contributed by atoms with Crippen molar-refractivity contribution >= 4 is 5.69 Å². The molecule has 4 heteroatoms. The molecule has 1 aromatic carbocycles. The Bertz CT molecular complexity index is 282. The number of hydrogen-bond acceptors (Lipinski definition) is 3. The minimum atomic E-state index is -0.404. The fourth-order valence-corrected chi connectivity index (χ4v) is 0.968. The molecule has 0 atom stereocenters. The van der Waals surface area contributed by atoms with E-state index >= 15 is 0 Å². The topological polar surface area (TPSA) is 55.2 Å². The third kappa shape index (κ3) is 2.83. The fourth-order valence-electron chi connectivity index (χ4n) is 0.968. The molecular weight excluding hydrogens is 168 g/mol. The van der Waals surface area contributed by atoms with Crippen LogP contribution in [0.1, 0.15) is 5.56 Å². The smallest absolute Gasteiger partial charge is 0.269 e. The van der Waals surface area contributed by atoms with E-state index in [4.69, 9.17) is 0 Å². The van der Waals surface area contributed by atoms with Gasteiger partial charge in [-0.15, -0.1) is 0 Å². The first-order chi connectivity index (χ1) is 6.24. The first-order valence-electron chi connectivity index (χ1n) is 3.97. The Morgan fingerprint density at radius 3 is 2.46 bits per heavy atom. The highest BCUT2D eigenvalue weighted by molar-refractivity contribution is 5.32. The third-order valence-corrected chi connectivity index (χ3v) is 1.65. The summed E-state index contributed by atoms with van der Waals surface area (Å²) < 4.78 is 0. The van der Waals surface area contributed by atoms with Crippen LogP contribution in [0, 0.1) is 17.0 Å². The molecule has 0 aromatic heterocycles. The number of nitrogens with zero attached hydrogens (tertiary/aromatic N) is 1. The van der Waals surface area contributed by atoms with Crippen molar-refractivity contribution in [2.45, 2.75) is 6.54 Å². The molecule has 1 N–H and O–H groups in total. The molecule has 0 aliphatic rings. The normalized spacial score (nSPS) is 9.92. The second-order valence-electron chi connectivity index (χ2n) is 2.60. The predicted molar refractivity (Wildman–Crippen MR) is 50.2 cm³/mol. The molecule has 1 aromatic rings. The van der Waals surface area contributed by atoms with Crippen LogP contribution in [-0.4, -0.2) is 11.5 Å². The summed E-state index contributed by atoms with van der Waals surface area (Å²) in [6.07, 6.45) is 0. The van der Waals surface area contributed by atoms with E-state index in [2.05, 4.69) is 12.2 Å². The largest absolute Gasteiger partial charge is 0.313 e. The molecule has 0 saturated heterocycles. The van der Waals surface area contributed by atoms with Gasteiger partial charge in [-0.2, -0.15) is 0 Å². The van der Waals surface area contributed by atoms with Gasteiger partial charge in [-0.3, -0.25) is 10.1 Å². The molecular formula is C9H11N2O2. The number of rotatable bonds is 4. The molecule has 0 saturated carbocycles. The summed E-state index contributed by atoms with van der Waals surface area (Å²) >= 11 is 0. The van der Waals surface area contributed by atoms with Gasteiger partial charge in [0.05, 0.1) is 4.92 Å². The highest BCUT2D eigenvalue weighted by atomic mass is 16.6. The number of hydrogen-bond donors (Lipinski definition) is 1. The van der Waals surface area contributed by atoms with Gasteiger partial charge in [0.15, 0.2) is 0 Å². The van der Waals surface area contributed by atoms with E-state index < -0.39 is 4.92 Å². The van der Waals surface area contributed by atoms with Crippen molar-refractivity contribution in [1.29, 1.82) is 0 Å². The number of benzene rings is 1. The van der Waals surface area contributed by atoms with Crippen LogP contribution in [0.3, 0.4) is 0 Å². The Hall–Kier alpha value is -1.42. The van der Waals surface area contributed by atoms with Gasteiger partial charge in [-0.1, -0.05) is 12.1 Å². The van der Waals surface area contributed by atoms with Crippen LogP contribution in [0.2, 0.25) is 0 Å². The summed E-state index contributed by atoms with van der Waals surface area (Å²) in [5.41, 5.74) is 1.15. The van der Waals surface area contributed by atoms with E-state index in [0.717, 1.165) is 5.56 Å². The summed E-state index contributed by atoms with van der Waals surface area (Å²) in [6.45, 7) is 4.97. The second kappa shape index (κ2) is 4.57. The van der Waals surface area contributed by atoms with E-state index in [1.807, 2.05) is 0 Å². The standard InChI is InChI=1S/C9H11N2O2/c1-2-10-7-8-3-5-9(6-4-8)11(12)13/h3-6,10H,1-2,7H2. The van der Waals surface area contributed by atoms with Gasteiger partial charge in [0, 0.05) is 18.7 Å². The highest BCUT2D eigenvalue weighted by Crippen LogP contribution is 2.11. The third-order valence-electron chi connectivity index (χ3n) is 1.65. The second-order valence-corrected chi connectivity index (χ2v) is 2.60. The lowest BCUT2D eigenvalue weighted by atomic mass is 10.2. The van der Waals surface area contributed by atoms with Crippen molar-refractivity contribution < 1.29 is 4.92 Å². The molecule has 0 fully saturated rings. The zero-order chi connectivity index (χ0) is 9.68. The Labute approximate surface area is 76.7 Å². The summed E-state index contributed by atoms with van der Waals surface area (Å²) in [7, 11) is 0. The lowest BCUT2D eigenvalue weighted by Gasteiger charge is -2.00. The maximum absolute atomic E-state index is 10.3. The number of nitro groups is 1. The van der Waals surface area contributed by atoms with Crippen LogP contribution in [0.5, 0.6) is 0 Å². The van der Waals surface area contributed by atoms with Crippen molar-refractivity contribution in [1.82, 2.24) is 5.32 Å². The summed E-state index contributed by atoms with van der Waals surface area (Å²) in [5, 5.41) is 13.3. The van der Waals surface area contributed by atoms with Crippen LogP contribution in [0.4, 0.5) is 5.69 Å². The average Bonchev–Trinajstić information content (AvgIpc) is 2.15. The van der Waals surface area contributed by atoms with Crippen LogP contribution in [0.15, 0.2) is 24.3 Å². The van der Waals surface area contributed by atoms with E-state index in [1.165, 1.54) is 12.1 Å². The molecule has 13 heavy (non-hydrogen) atoms. The summed E-state index contributed by atoms with van der Waals surface area (Å²) in [5.74, 6) is 0. The van der Waals surface area contributed by atoms with Gasteiger partial charge in [-0.25, -0.2) is 0 Å². The zero-order valence-corrected chi connectivity index (χ0v) is 7.19. The molecule has 1 radical (unpaired) electrons. The lowest BCUT2D eigenvalue weighted by molar-refractivity contribution is -0.384. The van der Waals surface area contributed by atoms with Crippen LogP contribution in [0.25, 0.3) is 0 Å². The summed E-state index contributed by atoms with van der Waals surface area (Å²) in [4.78, 5) is 9.90. The number of nitro benzene ring substituents is 1. The predicted octanol–water partition coefficient (Wildman–Crippen LogP) is 1.52. The maximum atomic E-state index is 10.3. The van der Waals surface area contributed by atoms with Gasteiger partial charge in [0.25, 0.3) is 5.69 Å². The maximum Gasteiger partial charge on any atom is 0.269 e. The van der Waals surface area contributed by atoms with Gasteiger partial charge in [0.1, 0.15) is 0 Å². The Morgan fingerprint density at radius 2 is 2.00 bits per heavy atom. The van der Waals surface area contributed by atoms with Crippen LogP contribution in [-0.2, 0) is 6.54 Å². The molecule has 0 aliphatic carbocycles. The average molecular weight is 179 g/mol. The minimum absolute atomic E-state index is 0.123. The van der Waals surface area contributed by atoms with Gasteiger partial charge in [0.2, 0.25) is 0 Å². The van der Waals surface area contributed by atoms with Gasteiger partial charge < -0.3 is 5.32 Å². The molecule has 4 nitrogen and oxygen atoms in total.